The molecule has 0 bridgehead atoms. The molecule has 1 aromatic carbocycles. The summed E-state index contributed by atoms with van der Waals surface area (Å²) in [5.41, 5.74) is 7.37. The number of benzene rings is 1. The van der Waals surface area contributed by atoms with Crippen molar-refractivity contribution in [1.82, 2.24) is 0 Å². The molecule has 0 fully saturated rings. The van der Waals surface area contributed by atoms with E-state index in [-0.39, 0.29) is 6.10 Å². The van der Waals surface area contributed by atoms with Crippen LogP contribution in [0.25, 0.3) is 0 Å². The standard InChI is InChI=1S/C13H22N2O3/c1-9(2)18-6-5-15-11-8-13(17-4)12(16-3)7-10(11)14/h7-9,15H,5-6,14H2,1-4H3. The minimum atomic E-state index is 0.231. The Balaban J connectivity index is 2.65. The second-order valence-electron chi connectivity index (χ2n) is 4.14. The monoisotopic (exact) mass is 254 g/mol. The van der Waals surface area contributed by atoms with Crippen molar-refractivity contribution >= 4 is 11.4 Å². The van der Waals surface area contributed by atoms with E-state index in [9.17, 15) is 0 Å². The molecule has 5 heteroatoms. The van der Waals surface area contributed by atoms with Crippen molar-refractivity contribution in [3.63, 3.8) is 0 Å². The van der Waals surface area contributed by atoms with Gasteiger partial charge in [-0.15, -0.1) is 0 Å². The van der Waals surface area contributed by atoms with Crippen molar-refractivity contribution in [2.45, 2.75) is 20.0 Å². The highest BCUT2D eigenvalue weighted by molar-refractivity contribution is 5.72. The highest BCUT2D eigenvalue weighted by Gasteiger charge is 2.08. The summed E-state index contributed by atoms with van der Waals surface area (Å²) in [5, 5.41) is 3.21. The third kappa shape index (κ3) is 4.00. The fourth-order valence-electron chi connectivity index (χ4n) is 1.53. The molecule has 102 valence electrons. The van der Waals surface area contributed by atoms with Crippen molar-refractivity contribution in [2.24, 2.45) is 0 Å². The Hall–Kier alpha value is -1.62. The van der Waals surface area contributed by atoms with Gasteiger partial charge in [0.05, 0.1) is 38.3 Å². The molecule has 0 saturated carbocycles. The SMILES string of the molecule is COc1cc(N)c(NCCOC(C)C)cc1OC. The van der Waals surface area contributed by atoms with Crippen LogP contribution in [-0.2, 0) is 4.74 Å². The fourth-order valence-corrected chi connectivity index (χ4v) is 1.53. The summed E-state index contributed by atoms with van der Waals surface area (Å²) in [7, 11) is 3.18. The highest BCUT2D eigenvalue weighted by Crippen LogP contribution is 2.34. The van der Waals surface area contributed by atoms with Gasteiger partial charge in [0.25, 0.3) is 0 Å². The lowest BCUT2D eigenvalue weighted by atomic mass is 10.2. The van der Waals surface area contributed by atoms with Gasteiger partial charge in [-0.3, -0.25) is 0 Å². The number of rotatable bonds is 7. The summed E-state index contributed by atoms with van der Waals surface area (Å²) < 4.78 is 15.8. The van der Waals surface area contributed by atoms with Gasteiger partial charge in [-0.25, -0.2) is 0 Å². The molecule has 0 aliphatic heterocycles. The molecule has 0 unspecified atom stereocenters. The lowest BCUT2D eigenvalue weighted by Gasteiger charge is -2.14. The van der Waals surface area contributed by atoms with Gasteiger partial charge < -0.3 is 25.3 Å². The van der Waals surface area contributed by atoms with E-state index < -0.39 is 0 Å². The van der Waals surface area contributed by atoms with Gasteiger partial charge >= 0.3 is 0 Å². The van der Waals surface area contributed by atoms with Gasteiger partial charge in [0.1, 0.15) is 0 Å². The van der Waals surface area contributed by atoms with Crippen LogP contribution in [0.15, 0.2) is 12.1 Å². The van der Waals surface area contributed by atoms with E-state index in [0.29, 0.717) is 30.3 Å². The maximum Gasteiger partial charge on any atom is 0.162 e. The van der Waals surface area contributed by atoms with Crippen LogP contribution in [0.1, 0.15) is 13.8 Å². The highest BCUT2D eigenvalue weighted by atomic mass is 16.5. The number of hydrogen-bond acceptors (Lipinski definition) is 5. The van der Waals surface area contributed by atoms with Gasteiger partial charge in [-0.1, -0.05) is 0 Å². The van der Waals surface area contributed by atoms with Crippen molar-refractivity contribution < 1.29 is 14.2 Å². The Labute approximate surface area is 108 Å². The largest absolute Gasteiger partial charge is 0.493 e. The van der Waals surface area contributed by atoms with Gasteiger partial charge in [-0.2, -0.15) is 0 Å². The van der Waals surface area contributed by atoms with Crippen LogP contribution in [0.5, 0.6) is 11.5 Å². The van der Waals surface area contributed by atoms with Crippen LogP contribution in [0.2, 0.25) is 0 Å². The molecule has 0 atom stereocenters. The minimum Gasteiger partial charge on any atom is -0.493 e. The first kappa shape index (κ1) is 14.4. The van der Waals surface area contributed by atoms with Crippen molar-refractivity contribution in [3.05, 3.63) is 12.1 Å². The van der Waals surface area contributed by atoms with Gasteiger partial charge in [0.2, 0.25) is 0 Å². The van der Waals surface area contributed by atoms with E-state index in [0.717, 1.165) is 5.69 Å². The van der Waals surface area contributed by atoms with Crippen LogP contribution in [0.4, 0.5) is 11.4 Å². The second kappa shape index (κ2) is 6.96. The Kier molecular flexibility index (Phi) is 5.58. The van der Waals surface area contributed by atoms with Crippen molar-refractivity contribution in [1.29, 1.82) is 0 Å². The maximum absolute atomic E-state index is 5.92. The third-order valence-corrected chi connectivity index (χ3v) is 2.42. The topological polar surface area (TPSA) is 65.7 Å². The first-order valence-electron chi connectivity index (χ1n) is 5.95. The first-order valence-corrected chi connectivity index (χ1v) is 5.95. The number of ether oxygens (including phenoxy) is 3. The van der Waals surface area contributed by atoms with E-state index in [1.807, 2.05) is 19.9 Å². The summed E-state index contributed by atoms with van der Waals surface area (Å²) in [6.07, 6.45) is 0.231. The average molecular weight is 254 g/mol. The second-order valence-corrected chi connectivity index (χ2v) is 4.14. The molecule has 0 radical (unpaired) electrons. The number of nitrogens with one attached hydrogen (secondary N) is 1. The van der Waals surface area contributed by atoms with E-state index >= 15 is 0 Å². The number of nitrogen functional groups attached to an aromatic ring is 1. The van der Waals surface area contributed by atoms with Gasteiger partial charge in [0, 0.05) is 18.7 Å². The minimum absolute atomic E-state index is 0.231. The van der Waals surface area contributed by atoms with E-state index in [4.69, 9.17) is 19.9 Å². The molecule has 3 N–H and O–H groups in total. The van der Waals surface area contributed by atoms with Gasteiger partial charge in [0.15, 0.2) is 11.5 Å². The zero-order chi connectivity index (χ0) is 13.5. The molecular formula is C13H22N2O3. The summed E-state index contributed by atoms with van der Waals surface area (Å²) in [5.74, 6) is 1.28. The molecule has 1 aromatic rings. The lowest BCUT2D eigenvalue weighted by Crippen LogP contribution is -2.14. The van der Waals surface area contributed by atoms with Crippen LogP contribution in [0.3, 0.4) is 0 Å². The number of nitrogens with two attached hydrogens (primary N) is 1. The predicted octanol–water partition coefficient (Wildman–Crippen LogP) is 2.12. The third-order valence-electron chi connectivity index (χ3n) is 2.42. The molecule has 0 heterocycles. The summed E-state index contributed by atoms with van der Waals surface area (Å²) in [6.45, 7) is 5.33. The Morgan fingerprint density at radius 2 is 1.78 bits per heavy atom. The summed E-state index contributed by atoms with van der Waals surface area (Å²) in [4.78, 5) is 0. The van der Waals surface area contributed by atoms with E-state index in [2.05, 4.69) is 5.32 Å². The van der Waals surface area contributed by atoms with Crippen LogP contribution < -0.4 is 20.5 Å². The van der Waals surface area contributed by atoms with Gasteiger partial charge in [-0.05, 0) is 13.8 Å². The molecule has 0 spiro atoms. The van der Waals surface area contributed by atoms with E-state index in [1.165, 1.54) is 0 Å². The summed E-state index contributed by atoms with van der Waals surface area (Å²) >= 11 is 0. The molecule has 0 saturated heterocycles. The smallest absolute Gasteiger partial charge is 0.162 e. The summed E-state index contributed by atoms with van der Waals surface area (Å²) in [6, 6.07) is 3.56. The van der Waals surface area contributed by atoms with Crippen LogP contribution >= 0.6 is 0 Å². The number of methoxy groups -OCH3 is 2. The molecule has 1 rings (SSSR count). The predicted molar refractivity (Wildman–Crippen MR) is 73.5 cm³/mol. The van der Waals surface area contributed by atoms with Crippen molar-refractivity contribution in [3.8, 4) is 11.5 Å². The van der Waals surface area contributed by atoms with E-state index in [1.54, 1.807) is 20.3 Å². The molecule has 0 aliphatic rings. The van der Waals surface area contributed by atoms with Crippen LogP contribution in [0, 0.1) is 0 Å². The Morgan fingerprint density at radius 1 is 1.17 bits per heavy atom. The molecule has 0 amide bonds. The average Bonchev–Trinajstić information content (AvgIpc) is 2.35. The first-order chi connectivity index (χ1) is 8.58. The fraction of sp³-hybridized carbons (Fsp3) is 0.538. The molecule has 0 aromatic heterocycles. The number of hydrogen-bond donors (Lipinski definition) is 2. The molecular weight excluding hydrogens is 232 g/mol. The quantitative estimate of drug-likeness (QED) is 0.576. The zero-order valence-corrected chi connectivity index (χ0v) is 11.4. The maximum atomic E-state index is 5.92. The lowest BCUT2D eigenvalue weighted by molar-refractivity contribution is 0.0870. The van der Waals surface area contributed by atoms with Crippen LogP contribution in [-0.4, -0.2) is 33.5 Å². The zero-order valence-electron chi connectivity index (χ0n) is 11.4. The Morgan fingerprint density at radius 3 is 2.33 bits per heavy atom. The molecule has 0 aliphatic carbocycles. The van der Waals surface area contributed by atoms with Crippen molar-refractivity contribution in [2.75, 3.05) is 38.4 Å². The molecule has 18 heavy (non-hydrogen) atoms. The number of anilines is 2. The normalized spacial score (nSPS) is 10.5. The molecule has 5 nitrogen and oxygen atoms in total. The Bertz CT molecular complexity index is 381.